The summed E-state index contributed by atoms with van der Waals surface area (Å²) in [6.45, 7) is 0.216. The van der Waals surface area contributed by atoms with Crippen LogP contribution in [-0.4, -0.2) is 56.3 Å². The van der Waals surface area contributed by atoms with Crippen LogP contribution >= 0.6 is 0 Å². The van der Waals surface area contributed by atoms with Crippen molar-refractivity contribution >= 4 is 21.7 Å². The van der Waals surface area contributed by atoms with Crippen LogP contribution in [-0.2, 0) is 19.4 Å². The number of hydrogen-bond donors (Lipinski definition) is 1. The molecule has 0 bridgehead atoms. The molecule has 2 fully saturated rings. The predicted molar refractivity (Wildman–Crippen MR) is 88.6 cm³/mol. The minimum absolute atomic E-state index is 0.000577. The van der Waals surface area contributed by atoms with Crippen LogP contribution in [0.4, 0.5) is 0 Å². The molecule has 6 nitrogen and oxygen atoms in total. The molecular formula is C16H28N2O4S. The first-order valence-corrected chi connectivity index (χ1v) is 10.4. The molecule has 0 radical (unpaired) electrons. The van der Waals surface area contributed by atoms with Crippen LogP contribution in [0.25, 0.3) is 0 Å². The standard InChI is InChI=1S/C16H28N2O4S/c1-17-15(19)11-14-12-23(21,22)10-9-18(14)16(20)8-7-13-5-3-2-4-6-13/h13-14H,2-12H2,1H3,(H,17,19). The average Bonchev–Trinajstić information content (AvgIpc) is 2.53. The maximum absolute atomic E-state index is 12.5. The van der Waals surface area contributed by atoms with Gasteiger partial charge in [-0.2, -0.15) is 0 Å². The lowest BCUT2D eigenvalue weighted by Gasteiger charge is -2.35. The number of sulfone groups is 1. The van der Waals surface area contributed by atoms with Crippen molar-refractivity contribution in [3.63, 3.8) is 0 Å². The molecule has 7 heteroatoms. The van der Waals surface area contributed by atoms with E-state index in [9.17, 15) is 18.0 Å². The molecule has 1 saturated heterocycles. The molecule has 1 N–H and O–H groups in total. The maximum atomic E-state index is 12.5. The van der Waals surface area contributed by atoms with Gasteiger partial charge in [-0.05, 0) is 12.3 Å². The van der Waals surface area contributed by atoms with Crippen LogP contribution in [0.2, 0.25) is 0 Å². The first-order valence-electron chi connectivity index (χ1n) is 8.62. The number of carbonyl (C=O) groups excluding carboxylic acids is 2. The molecule has 0 aromatic heterocycles. The van der Waals surface area contributed by atoms with Crippen molar-refractivity contribution in [2.45, 2.75) is 57.4 Å². The van der Waals surface area contributed by atoms with Gasteiger partial charge >= 0.3 is 0 Å². The van der Waals surface area contributed by atoms with Gasteiger partial charge in [0.15, 0.2) is 9.84 Å². The Kier molecular flexibility index (Phi) is 6.44. The minimum Gasteiger partial charge on any atom is -0.359 e. The molecule has 1 saturated carbocycles. The van der Waals surface area contributed by atoms with Gasteiger partial charge < -0.3 is 10.2 Å². The Labute approximate surface area is 138 Å². The van der Waals surface area contributed by atoms with Gasteiger partial charge in [0.1, 0.15) is 0 Å². The minimum atomic E-state index is -3.16. The number of nitrogens with zero attached hydrogens (tertiary/aromatic N) is 1. The molecule has 132 valence electrons. The fraction of sp³-hybridized carbons (Fsp3) is 0.875. The van der Waals surface area contributed by atoms with E-state index in [-0.39, 0.29) is 36.3 Å². The fourth-order valence-electron chi connectivity index (χ4n) is 3.65. The van der Waals surface area contributed by atoms with E-state index in [1.54, 1.807) is 4.90 Å². The van der Waals surface area contributed by atoms with Crippen molar-refractivity contribution in [2.24, 2.45) is 5.92 Å². The summed E-state index contributed by atoms with van der Waals surface area (Å²) in [6, 6.07) is -0.521. The van der Waals surface area contributed by atoms with E-state index in [2.05, 4.69) is 5.32 Å². The molecule has 2 rings (SSSR count). The Morgan fingerprint density at radius 1 is 1.17 bits per heavy atom. The summed E-state index contributed by atoms with van der Waals surface area (Å²) in [7, 11) is -1.64. The second-order valence-corrected chi connectivity index (χ2v) is 9.00. The Morgan fingerprint density at radius 3 is 2.52 bits per heavy atom. The molecule has 1 aliphatic heterocycles. The molecule has 23 heavy (non-hydrogen) atoms. The van der Waals surface area contributed by atoms with E-state index in [0.717, 1.165) is 6.42 Å². The summed E-state index contributed by atoms with van der Waals surface area (Å²) in [5.41, 5.74) is 0. The van der Waals surface area contributed by atoms with Crippen LogP contribution in [0.3, 0.4) is 0 Å². The van der Waals surface area contributed by atoms with Gasteiger partial charge in [0.2, 0.25) is 11.8 Å². The summed E-state index contributed by atoms with van der Waals surface area (Å²) < 4.78 is 23.7. The van der Waals surface area contributed by atoms with Gasteiger partial charge in [-0.25, -0.2) is 8.42 Å². The van der Waals surface area contributed by atoms with Crippen LogP contribution < -0.4 is 5.32 Å². The summed E-state index contributed by atoms with van der Waals surface area (Å²) >= 11 is 0. The highest BCUT2D eigenvalue weighted by atomic mass is 32.2. The lowest BCUT2D eigenvalue weighted by Crippen LogP contribution is -2.52. The SMILES string of the molecule is CNC(=O)CC1CS(=O)(=O)CCN1C(=O)CCC1CCCCC1. The third-order valence-corrected chi connectivity index (χ3v) is 6.74. The average molecular weight is 344 g/mol. The van der Waals surface area contributed by atoms with Gasteiger partial charge in [-0.1, -0.05) is 32.1 Å². The molecule has 1 heterocycles. The molecule has 0 spiro atoms. The van der Waals surface area contributed by atoms with Crippen molar-refractivity contribution in [1.82, 2.24) is 10.2 Å². The first-order chi connectivity index (χ1) is 10.9. The van der Waals surface area contributed by atoms with E-state index >= 15 is 0 Å². The van der Waals surface area contributed by atoms with E-state index < -0.39 is 15.9 Å². The molecule has 0 aromatic rings. The lowest BCUT2D eigenvalue weighted by atomic mass is 9.86. The Morgan fingerprint density at radius 2 is 1.87 bits per heavy atom. The summed E-state index contributed by atoms with van der Waals surface area (Å²) in [6.07, 6.45) is 7.60. The molecule has 0 aromatic carbocycles. The second kappa shape index (κ2) is 8.13. The van der Waals surface area contributed by atoms with Crippen molar-refractivity contribution in [3.8, 4) is 0 Å². The number of nitrogens with one attached hydrogen (secondary N) is 1. The first kappa shape index (κ1) is 18.2. The van der Waals surface area contributed by atoms with Gasteiger partial charge in [0.25, 0.3) is 0 Å². The second-order valence-electron chi connectivity index (χ2n) is 6.78. The van der Waals surface area contributed by atoms with Crippen LogP contribution in [0, 0.1) is 5.92 Å². The third kappa shape index (κ3) is 5.48. The number of hydrogen-bond acceptors (Lipinski definition) is 4. The molecule has 1 atom stereocenters. The zero-order valence-corrected chi connectivity index (χ0v) is 14.7. The molecule has 1 aliphatic carbocycles. The fourth-order valence-corrected chi connectivity index (χ4v) is 5.17. The van der Waals surface area contributed by atoms with Crippen molar-refractivity contribution in [3.05, 3.63) is 0 Å². The highest BCUT2D eigenvalue weighted by Gasteiger charge is 2.35. The van der Waals surface area contributed by atoms with Crippen LogP contribution in [0.15, 0.2) is 0 Å². The Balaban J connectivity index is 1.93. The predicted octanol–water partition coefficient (Wildman–Crippen LogP) is 1.11. The van der Waals surface area contributed by atoms with Gasteiger partial charge in [-0.15, -0.1) is 0 Å². The summed E-state index contributed by atoms with van der Waals surface area (Å²) in [5, 5.41) is 2.51. The monoisotopic (exact) mass is 344 g/mol. The van der Waals surface area contributed by atoms with Crippen LogP contribution in [0.1, 0.15) is 51.4 Å². The summed E-state index contributed by atoms with van der Waals surface area (Å²) in [5.74, 6) is 0.303. The molecule has 2 amide bonds. The largest absolute Gasteiger partial charge is 0.359 e. The Hall–Kier alpha value is -1.11. The Bertz CT molecular complexity index is 526. The number of rotatable bonds is 5. The number of amides is 2. The van der Waals surface area contributed by atoms with E-state index in [4.69, 9.17) is 0 Å². The molecule has 2 aliphatic rings. The third-order valence-electron chi connectivity index (χ3n) is 5.04. The topological polar surface area (TPSA) is 83.6 Å². The molecular weight excluding hydrogens is 316 g/mol. The van der Waals surface area contributed by atoms with E-state index in [0.29, 0.717) is 12.3 Å². The smallest absolute Gasteiger partial charge is 0.222 e. The zero-order chi connectivity index (χ0) is 16.9. The highest BCUT2D eigenvalue weighted by molar-refractivity contribution is 7.91. The van der Waals surface area contributed by atoms with Crippen molar-refractivity contribution < 1.29 is 18.0 Å². The molecule has 1 unspecified atom stereocenters. The van der Waals surface area contributed by atoms with Crippen molar-refractivity contribution in [1.29, 1.82) is 0 Å². The van der Waals surface area contributed by atoms with Gasteiger partial charge in [0.05, 0.1) is 17.5 Å². The quantitative estimate of drug-likeness (QED) is 0.810. The normalized spacial score (nSPS) is 25.1. The van der Waals surface area contributed by atoms with Gasteiger partial charge in [-0.3, -0.25) is 9.59 Å². The lowest BCUT2D eigenvalue weighted by molar-refractivity contribution is -0.134. The van der Waals surface area contributed by atoms with Crippen molar-refractivity contribution in [2.75, 3.05) is 25.1 Å². The highest BCUT2D eigenvalue weighted by Crippen LogP contribution is 2.28. The van der Waals surface area contributed by atoms with Crippen LogP contribution in [0.5, 0.6) is 0 Å². The summed E-state index contributed by atoms with van der Waals surface area (Å²) in [4.78, 5) is 25.8. The van der Waals surface area contributed by atoms with E-state index in [1.165, 1.54) is 39.2 Å². The van der Waals surface area contributed by atoms with Gasteiger partial charge in [0, 0.05) is 26.4 Å². The maximum Gasteiger partial charge on any atom is 0.222 e. The number of carbonyl (C=O) groups is 2. The zero-order valence-electron chi connectivity index (χ0n) is 13.9. The van der Waals surface area contributed by atoms with E-state index in [1.807, 2.05) is 0 Å².